The number of aromatic carboxylic acids is 1. The lowest BCUT2D eigenvalue weighted by atomic mass is 10.0. The van der Waals surface area contributed by atoms with Crippen LogP contribution in [-0.4, -0.2) is 76.0 Å². The molecule has 5 rings (SSSR count). The summed E-state index contributed by atoms with van der Waals surface area (Å²) in [5.74, 6) is -0.932. The summed E-state index contributed by atoms with van der Waals surface area (Å²) in [6.07, 6.45) is -1.24. The molecule has 35 heavy (non-hydrogen) atoms. The highest BCUT2D eigenvalue weighted by molar-refractivity contribution is 6.33. The molecule has 2 unspecified atom stereocenters. The van der Waals surface area contributed by atoms with Gasteiger partial charge in [0.1, 0.15) is 0 Å². The van der Waals surface area contributed by atoms with Crippen molar-refractivity contribution in [2.24, 2.45) is 11.8 Å². The number of aromatic nitrogens is 2. The molecule has 0 bridgehead atoms. The minimum absolute atomic E-state index is 0.106. The molecule has 3 fully saturated rings. The van der Waals surface area contributed by atoms with E-state index < -0.39 is 23.7 Å². The van der Waals surface area contributed by atoms with Crippen LogP contribution in [0.1, 0.15) is 34.5 Å². The highest BCUT2D eigenvalue weighted by Gasteiger charge is 2.42. The molecule has 8 nitrogen and oxygen atoms in total. The van der Waals surface area contributed by atoms with Crippen molar-refractivity contribution < 1.29 is 27.9 Å². The maximum absolute atomic E-state index is 13.5. The summed E-state index contributed by atoms with van der Waals surface area (Å²) < 4.78 is 41.6. The molecule has 0 radical (unpaired) electrons. The normalized spacial score (nSPS) is 22.7. The first-order valence-corrected chi connectivity index (χ1v) is 11.9. The van der Waals surface area contributed by atoms with Crippen LogP contribution in [-0.2, 0) is 12.7 Å². The average Bonchev–Trinajstić information content (AvgIpc) is 3.56. The summed E-state index contributed by atoms with van der Waals surface area (Å²) in [5.41, 5.74) is 0.274. The monoisotopic (exact) mass is 511 g/mol. The summed E-state index contributed by atoms with van der Waals surface area (Å²) in [4.78, 5) is 29.7. The fraction of sp³-hybridized carbons (Fsp3) is 0.522. The third-order valence-corrected chi connectivity index (χ3v) is 7.36. The molecular weight excluding hydrogens is 487 g/mol. The molecule has 4 heterocycles. The van der Waals surface area contributed by atoms with Gasteiger partial charge in [-0.15, -0.1) is 0 Å². The molecule has 2 aromatic rings. The fourth-order valence-electron chi connectivity index (χ4n) is 5.46. The maximum Gasteiger partial charge on any atom is 0.416 e. The topological polar surface area (TPSA) is 81.9 Å². The third-order valence-electron chi connectivity index (χ3n) is 7.08. The number of nitrogens with zero attached hydrogens (tertiary/aromatic N) is 5. The molecule has 1 aromatic heterocycles. The second-order valence-electron chi connectivity index (χ2n) is 9.56. The number of likely N-dealkylation sites (tertiary alicyclic amines) is 2. The van der Waals surface area contributed by atoms with Gasteiger partial charge in [0.05, 0.1) is 16.8 Å². The minimum atomic E-state index is -4.40. The molecule has 1 N–H and O–H groups in total. The number of hydrogen-bond donors (Lipinski definition) is 1. The number of anilines is 1. The second-order valence-corrected chi connectivity index (χ2v) is 9.96. The van der Waals surface area contributed by atoms with Crippen LogP contribution in [0, 0.1) is 11.8 Å². The van der Waals surface area contributed by atoms with Crippen LogP contribution < -0.4 is 4.90 Å². The van der Waals surface area contributed by atoms with E-state index in [4.69, 9.17) is 16.7 Å². The maximum atomic E-state index is 13.5. The van der Waals surface area contributed by atoms with Gasteiger partial charge in [-0.2, -0.15) is 23.0 Å². The van der Waals surface area contributed by atoms with E-state index in [0.29, 0.717) is 44.0 Å². The van der Waals surface area contributed by atoms with Crippen molar-refractivity contribution in [3.8, 4) is 0 Å². The molecule has 12 heteroatoms. The molecule has 3 saturated heterocycles. The van der Waals surface area contributed by atoms with Crippen LogP contribution in [0.4, 0.5) is 23.7 Å². The first kappa shape index (κ1) is 23.9. The van der Waals surface area contributed by atoms with Crippen molar-refractivity contribution in [2.45, 2.75) is 25.6 Å². The van der Waals surface area contributed by atoms with E-state index in [9.17, 15) is 22.8 Å². The molecule has 3 aliphatic heterocycles. The molecular formula is C23H25ClF3N5O3. The van der Waals surface area contributed by atoms with E-state index >= 15 is 0 Å². The third kappa shape index (κ3) is 4.84. The molecule has 1 aromatic carbocycles. The number of rotatable bonds is 4. The molecule has 1 amide bonds. The van der Waals surface area contributed by atoms with Gasteiger partial charge in [-0.1, -0.05) is 11.6 Å². The zero-order chi connectivity index (χ0) is 24.9. The summed E-state index contributed by atoms with van der Waals surface area (Å²) in [5, 5.41) is 12.8. The van der Waals surface area contributed by atoms with Crippen molar-refractivity contribution in [3.63, 3.8) is 0 Å². The van der Waals surface area contributed by atoms with Crippen LogP contribution in [0.2, 0.25) is 5.02 Å². The van der Waals surface area contributed by atoms with Gasteiger partial charge in [-0.05, 0) is 48.4 Å². The number of alkyl halides is 3. The highest BCUT2D eigenvalue weighted by Crippen LogP contribution is 2.36. The molecule has 0 saturated carbocycles. The van der Waals surface area contributed by atoms with Crippen molar-refractivity contribution >= 4 is 29.3 Å². The number of carbonyl (C=O) groups is 2. The van der Waals surface area contributed by atoms with E-state index in [1.807, 2.05) is 11.0 Å². The fourth-order valence-corrected chi connectivity index (χ4v) is 5.67. The van der Waals surface area contributed by atoms with Crippen molar-refractivity contribution in [3.05, 3.63) is 46.2 Å². The van der Waals surface area contributed by atoms with E-state index in [1.165, 1.54) is 18.3 Å². The quantitative estimate of drug-likeness (QED) is 0.671. The second kappa shape index (κ2) is 9.02. The number of benzene rings is 1. The van der Waals surface area contributed by atoms with Gasteiger partial charge in [0.15, 0.2) is 5.69 Å². The first-order chi connectivity index (χ1) is 16.6. The predicted octanol–water partition coefficient (Wildman–Crippen LogP) is 3.89. The van der Waals surface area contributed by atoms with E-state index in [2.05, 4.69) is 10.00 Å². The van der Waals surface area contributed by atoms with E-state index in [1.54, 1.807) is 4.90 Å². The molecule has 188 valence electrons. The van der Waals surface area contributed by atoms with Crippen LogP contribution in [0.5, 0.6) is 0 Å². The number of fused-ring (bicyclic) bond motifs is 1. The molecule has 2 atom stereocenters. The van der Waals surface area contributed by atoms with Gasteiger partial charge in [-0.3, -0.25) is 4.90 Å². The number of amides is 1. The van der Waals surface area contributed by atoms with Gasteiger partial charge >= 0.3 is 18.2 Å². The van der Waals surface area contributed by atoms with Crippen molar-refractivity contribution in [1.29, 1.82) is 0 Å². The van der Waals surface area contributed by atoms with Crippen molar-refractivity contribution in [2.75, 3.05) is 44.2 Å². The van der Waals surface area contributed by atoms with Crippen LogP contribution in [0.15, 0.2) is 24.4 Å². The van der Waals surface area contributed by atoms with Crippen molar-refractivity contribution in [1.82, 2.24) is 19.6 Å². The van der Waals surface area contributed by atoms with Gasteiger partial charge in [-0.25, -0.2) is 9.59 Å². The Kier molecular flexibility index (Phi) is 6.16. The minimum Gasteiger partial charge on any atom is -0.476 e. The number of carboxylic acids is 1. The van der Waals surface area contributed by atoms with Crippen LogP contribution in [0.25, 0.3) is 0 Å². The Bertz CT molecular complexity index is 1130. The number of carbonyl (C=O) groups excluding carboxylic acids is 1. The van der Waals surface area contributed by atoms with Gasteiger partial charge in [0.25, 0.3) is 0 Å². The first-order valence-electron chi connectivity index (χ1n) is 11.5. The molecule has 0 spiro atoms. The Balaban J connectivity index is 1.24. The number of hydrogen-bond acceptors (Lipinski definition) is 5. The SMILES string of the molecule is O=C(O)c1nn(C(=O)N2CC3CN(Cc4cc(N5CCCC5)cc(C(F)(F)F)c4)CC3C2)cc1Cl. The van der Waals surface area contributed by atoms with Gasteiger partial charge in [0.2, 0.25) is 0 Å². The standard InChI is InChI=1S/C23H25ClF3N5O3/c24-19-13-32(28-20(19)21(33)34)22(35)31-11-15-9-29(10-16(15)12-31)8-14-5-17(23(25,26)27)7-18(6-14)30-3-1-2-4-30/h5-7,13,15-16H,1-4,8-12H2,(H,33,34). The summed E-state index contributed by atoms with van der Waals surface area (Å²) in [7, 11) is 0. The lowest BCUT2D eigenvalue weighted by Gasteiger charge is -2.24. The van der Waals surface area contributed by atoms with Gasteiger partial charge in [0, 0.05) is 51.5 Å². The Morgan fingerprint density at radius 3 is 2.29 bits per heavy atom. The molecule has 0 aliphatic carbocycles. The summed E-state index contributed by atoms with van der Waals surface area (Å²) in [6.45, 7) is 4.25. The smallest absolute Gasteiger partial charge is 0.416 e. The predicted molar refractivity (Wildman–Crippen MR) is 122 cm³/mol. The van der Waals surface area contributed by atoms with Crippen LogP contribution in [0.3, 0.4) is 0 Å². The number of halogens is 4. The zero-order valence-corrected chi connectivity index (χ0v) is 19.6. The zero-order valence-electron chi connectivity index (χ0n) is 18.8. The number of carboxylic acid groups (broad SMARTS) is 1. The Morgan fingerprint density at radius 2 is 1.71 bits per heavy atom. The van der Waals surface area contributed by atoms with E-state index in [-0.39, 0.29) is 22.6 Å². The Morgan fingerprint density at radius 1 is 1.06 bits per heavy atom. The van der Waals surface area contributed by atoms with Gasteiger partial charge < -0.3 is 14.9 Å². The lowest BCUT2D eigenvalue weighted by molar-refractivity contribution is -0.137. The Hall–Kier alpha value is -2.79. The largest absolute Gasteiger partial charge is 0.476 e. The van der Waals surface area contributed by atoms with Crippen LogP contribution >= 0.6 is 11.6 Å². The summed E-state index contributed by atoms with van der Waals surface area (Å²) in [6, 6.07) is 3.92. The molecule has 3 aliphatic rings. The lowest BCUT2D eigenvalue weighted by Crippen LogP contribution is -2.36. The highest BCUT2D eigenvalue weighted by atomic mass is 35.5. The Labute approximate surface area is 204 Å². The van der Waals surface area contributed by atoms with E-state index in [0.717, 1.165) is 30.6 Å². The summed E-state index contributed by atoms with van der Waals surface area (Å²) >= 11 is 5.86. The average molecular weight is 512 g/mol.